The predicted molar refractivity (Wildman–Crippen MR) is 75.2 cm³/mol. The Morgan fingerprint density at radius 2 is 2.00 bits per heavy atom. The number of fused-ring (bicyclic) bond motifs is 1. The summed E-state index contributed by atoms with van der Waals surface area (Å²) in [6.07, 6.45) is -4.44. The van der Waals surface area contributed by atoms with Crippen LogP contribution in [0.15, 0.2) is 18.2 Å². The molecule has 0 aliphatic rings. The topological polar surface area (TPSA) is 63.8 Å². The van der Waals surface area contributed by atoms with Crippen molar-refractivity contribution in [3.8, 4) is 0 Å². The highest BCUT2D eigenvalue weighted by Gasteiger charge is 2.31. The van der Waals surface area contributed by atoms with Gasteiger partial charge in [0, 0.05) is 0 Å². The maximum atomic E-state index is 12.7. The molecule has 4 nitrogen and oxygen atoms in total. The van der Waals surface area contributed by atoms with E-state index in [0.717, 1.165) is 12.1 Å². The molecule has 0 saturated heterocycles. The molecule has 1 amide bonds. The van der Waals surface area contributed by atoms with Crippen molar-refractivity contribution < 1.29 is 18.0 Å². The summed E-state index contributed by atoms with van der Waals surface area (Å²) >= 11 is 5.12. The lowest BCUT2D eigenvalue weighted by Gasteiger charge is -2.20. The second kappa shape index (κ2) is 5.18. The number of aromatic amines is 1. The molecule has 0 radical (unpaired) electrons. The lowest BCUT2D eigenvalue weighted by Crippen LogP contribution is -2.30. The second-order valence-electron chi connectivity index (χ2n) is 5.12. The first kappa shape index (κ1) is 15.6. The van der Waals surface area contributed by atoms with Crippen LogP contribution >= 0.6 is 12.2 Å². The largest absolute Gasteiger partial charge is 0.416 e. The van der Waals surface area contributed by atoms with Gasteiger partial charge in [0.15, 0.2) is 4.77 Å². The van der Waals surface area contributed by atoms with Crippen LogP contribution in [-0.2, 0) is 11.0 Å². The molecular weight excluding hydrogens is 303 g/mol. The lowest BCUT2D eigenvalue weighted by molar-refractivity contribution is -0.137. The Balaban J connectivity index is 2.69. The molecule has 3 N–H and O–H groups in total. The van der Waals surface area contributed by atoms with Crippen molar-refractivity contribution in [3.63, 3.8) is 0 Å². The first-order valence-corrected chi connectivity index (χ1v) is 6.64. The lowest BCUT2D eigenvalue weighted by atomic mass is 10.0. The van der Waals surface area contributed by atoms with E-state index in [1.165, 1.54) is 10.6 Å². The van der Waals surface area contributed by atoms with Gasteiger partial charge < -0.3 is 15.3 Å². The van der Waals surface area contributed by atoms with Crippen molar-refractivity contribution >= 4 is 29.2 Å². The van der Waals surface area contributed by atoms with Crippen molar-refractivity contribution in [2.45, 2.75) is 26.1 Å². The van der Waals surface area contributed by atoms with E-state index in [-0.39, 0.29) is 16.2 Å². The number of nitrogens with zero attached hydrogens (tertiary/aromatic N) is 1. The molecule has 2 aromatic rings. The first-order valence-electron chi connectivity index (χ1n) is 6.23. The minimum absolute atomic E-state index is 0.143. The van der Waals surface area contributed by atoms with Crippen LogP contribution in [-0.4, -0.2) is 15.5 Å². The van der Waals surface area contributed by atoms with Crippen LogP contribution in [0.3, 0.4) is 0 Å². The molecular formula is C13H14F3N3OS. The Morgan fingerprint density at radius 1 is 1.38 bits per heavy atom. The predicted octanol–water partition coefficient (Wildman–Crippen LogP) is 3.40. The van der Waals surface area contributed by atoms with E-state index in [0.29, 0.717) is 5.52 Å². The van der Waals surface area contributed by atoms with Crippen LogP contribution in [0.4, 0.5) is 13.2 Å². The van der Waals surface area contributed by atoms with E-state index < -0.39 is 23.7 Å². The number of hydrogen-bond donors (Lipinski definition) is 2. The van der Waals surface area contributed by atoms with Gasteiger partial charge in [0.2, 0.25) is 5.91 Å². The molecule has 2 rings (SSSR count). The molecule has 1 atom stereocenters. The van der Waals surface area contributed by atoms with E-state index >= 15 is 0 Å². The average Bonchev–Trinajstić information content (AvgIpc) is 2.63. The van der Waals surface area contributed by atoms with Crippen LogP contribution in [0.5, 0.6) is 0 Å². The number of nitrogens with two attached hydrogens (primary N) is 1. The monoisotopic (exact) mass is 317 g/mol. The molecule has 0 bridgehead atoms. The van der Waals surface area contributed by atoms with E-state index in [1.807, 2.05) is 0 Å². The molecule has 8 heteroatoms. The van der Waals surface area contributed by atoms with Crippen LogP contribution in [0.2, 0.25) is 0 Å². The Hall–Kier alpha value is -1.83. The second-order valence-corrected chi connectivity index (χ2v) is 5.51. The standard InChI is InChI=1S/C13H14F3N3OS/c1-6(2)10(11(17)20)19-9-4-3-7(13(14,15)16)5-8(9)18-12(19)21/h3-6,10H,1-2H3,(H2,17,20)(H,18,21). The number of rotatable bonds is 3. The van der Waals surface area contributed by atoms with Crippen molar-refractivity contribution in [1.82, 2.24) is 9.55 Å². The Morgan fingerprint density at radius 3 is 2.48 bits per heavy atom. The van der Waals surface area contributed by atoms with Gasteiger partial charge >= 0.3 is 6.18 Å². The number of benzene rings is 1. The summed E-state index contributed by atoms with van der Waals surface area (Å²) in [6, 6.07) is 2.51. The number of hydrogen-bond acceptors (Lipinski definition) is 2. The van der Waals surface area contributed by atoms with Gasteiger partial charge in [0.25, 0.3) is 0 Å². The maximum Gasteiger partial charge on any atom is 0.416 e. The molecule has 1 unspecified atom stereocenters. The van der Waals surface area contributed by atoms with Crippen molar-refractivity contribution in [2.75, 3.05) is 0 Å². The molecule has 1 aromatic carbocycles. The molecule has 0 fully saturated rings. The van der Waals surface area contributed by atoms with Gasteiger partial charge in [-0.2, -0.15) is 13.2 Å². The van der Waals surface area contributed by atoms with E-state index in [9.17, 15) is 18.0 Å². The normalized spacial score (nSPS) is 13.8. The quantitative estimate of drug-likeness (QED) is 0.852. The minimum Gasteiger partial charge on any atom is -0.368 e. The van der Waals surface area contributed by atoms with E-state index in [1.54, 1.807) is 13.8 Å². The highest BCUT2D eigenvalue weighted by atomic mass is 32.1. The smallest absolute Gasteiger partial charge is 0.368 e. The number of H-pyrrole nitrogens is 1. The number of amides is 1. The molecule has 114 valence electrons. The zero-order valence-corrected chi connectivity index (χ0v) is 12.2. The highest BCUT2D eigenvalue weighted by molar-refractivity contribution is 7.71. The number of primary amides is 1. The van der Waals surface area contributed by atoms with Crippen LogP contribution in [0.25, 0.3) is 11.0 Å². The summed E-state index contributed by atoms with van der Waals surface area (Å²) in [5.41, 5.74) is 5.25. The number of carbonyl (C=O) groups excluding carboxylic acids is 1. The number of nitrogens with one attached hydrogen (secondary N) is 1. The van der Waals surface area contributed by atoms with Gasteiger partial charge in [0.05, 0.1) is 16.6 Å². The Bertz CT molecular complexity index is 745. The Labute approximate surface area is 123 Å². The Kier molecular flexibility index (Phi) is 3.83. The molecule has 1 heterocycles. The molecule has 0 aliphatic carbocycles. The summed E-state index contributed by atoms with van der Waals surface area (Å²) in [7, 11) is 0. The maximum absolute atomic E-state index is 12.7. The van der Waals surface area contributed by atoms with Gasteiger partial charge in [0.1, 0.15) is 6.04 Å². The van der Waals surface area contributed by atoms with Crippen molar-refractivity contribution in [2.24, 2.45) is 11.7 Å². The van der Waals surface area contributed by atoms with E-state index in [2.05, 4.69) is 4.98 Å². The number of carbonyl (C=O) groups is 1. The van der Waals surface area contributed by atoms with Gasteiger partial charge in [-0.3, -0.25) is 4.79 Å². The first-order chi connectivity index (χ1) is 9.62. The summed E-state index contributed by atoms with van der Waals surface area (Å²) < 4.78 is 39.8. The third kappa shape index (κ3) is 2.80. The number of imidazole rings is 1. The van der Waals surface area contributed by atoms with Gasteiger partial charge in [-0.1, -0.05) is 13.8 Å². The summed E-state index contributed by atoms with van der Waals surface area (Å²) in [5, 5.41) is 0. The van der Waals surface area contributed by atoms with Crippen LogP contribution in [0.1, 0.15) is 25.5 Å². The fourth-order valence-electron chi connectivity index (χ4n) is 2.34. The van der Waals surface area contributed by atoms with Crippen molar-refractivity contribution in [1.29, 1.82) is 0 Å². The van der Waals surface area contributed by atoms with Crippen LogP contribution < -0.4 is 5.73 Å². The zero-order chi connectivity index (χ0) is 15.9. The molecule has 21 heavy (non-hydrogen) atoms. The number of halogens is 3. The van der Waals surface area contributed by atoms with Crippen molar-refractivity contribution in [3.05, 3.63) is 28.5 Å². The summed E-state index contributed by atoms with van der Waals surface area (Å²) in [4.78, 5) is 14.3. The van der Waals surface area contributed by atoms with Gasteiger partial charge in [-0.05, 0) is 36.3 Å². The number of alkyl halides is 3. The van der Waals surface area contributed by atoms with E-state index in [4.69, 9.17) is 18.0 Å². The third-order valence-electron chi connectivity index (χ3n) is 3.24. The fraction of sp³-hybridized carbons (Fsp3) is 0.385. The van der Waals surface area contributed by atoms with Gasteiger partial charge in [-0.15, -0.1) is 0 Å². The third-order valence-corrected chi connectivity index (χ3v) is 3.54. The zero-order valence-electron chi connectivity index (χ0n) is 11.4. The van der Waals surface area contributed by atoms with Crippen LogP contribution in [0, 0.1) is 10.7 Å². The molecule has 0 spiro atoms. The summed E-state index contributed by atoms with van der Waals surface area (Å²) in [5.74, 6) is -0.725. The molecule has 1 aromatic heterocycles. The fourth-order valence-corrected chi connectivity index (χ4v) is 2.66. The van der Waals surface area contributed by atoms with Gasteiger partial charge in [-0.25, -0.2) is 0 Å². The number of aromatic nitrogens is 2. The highest BCUT2D eigenvalue weighted by Crippen LogP contribution is 2.32. The average molecular weight is 317 g/mol. The SMILES string of the molecule is CC(C)C(C(N)=O)n1c(=S)[nH]c2cc(C(F)(F)F)ccc21. The molecule has 0 saturated carbocycles. The molecule has 0 aliphatic heterocycles. The summed E-state index contributed by atoms with van der Waals surface area (Å²) in [6.45, 7) is 3.58. The minimum atomic E-state index is -4.44.